The zero-order valence-corrected chi connectivity index (χ0v) is 13.8. The molecule has 0 spiro atoms. The molecule has 0 radical (unpaired) electrons. The van der Waals surface area contributed by atoms with Crippen molar-refractivity contribution in [3.63, 3.8) is 0 Å². The summed E-state index contributed by atoms with van der Waals surface area (Å²) in [6.45, 7) is 13.1. The molecule has 1 rings (SSSR count). The van der Waals surface area contributed by atoms with Gasteiger partial charge in [0.25, 0.3) is 0 Å². The minimum absolute atomic E-state index is 0.291. The predicted octanol–water partition coefficient (Wildman–Crippen LogP) is 3.17. The highest BCUT2D eigenvalue weighted by Crippen LogP contribution is 2.27. The van der Waals surface area contributed by atoms with Gasteiger partial charge in [-0.25, -0.2) is 4.79 Å². The van der Waals surface area contributed by atoms with Crippen LogP contribution in [-0.2, 0) is 4.74 Å². The lowest BCUT2D eigenvalue weighted by molar-refractivity contribution is 0.0506. The van der Waals surface area contributed by atoms with Gasteiger partial charge in [0.15, 0.2) is 0 Å². The van der Waals surface area contributed by atoms with Gasteiger partial charge in [0.05, 0.1) is 0 Å². The Morgan fingerprint density at radius 2 is 1.90 bits per heavy atom. The van der Waals surface area contributed by atoms with Crippen LogP contribution in [0.15, 0.2) is 0 Å². The molecule has 1 atom stereocenters. The zero-order valence-electron chi connectivity index (χ0n) is 13.8. The van der Waals surface area contributed by atoms with E-state index in [1.165, 1.54) is 19.3 Å². The van der Waals surface area contributed by atoms with Gasteiger partial charge in [-0.2, -0.15) is 0 Å². The first-order valence-electron chi connectivity index (χ1n) is 7.95. The molecule has 0 aromatic heterocycles. The molecule has 0 aromatic rings. The van der Waals surface area contributed by atoms with Crippen molar-refractivity contribution >= 4 is 6.09 Å². The van der Waals surface area contributed by atoms with Crippen molar-refractivity contribution < 1.29 is 9.53 Å². The van der Waals surface area contributed by atoms with E-state index < -0.39 is 5.60 Å². The average Bonchev–Trinajstić information content (AvgIpc) is 2.33. The first kappa shape index (κ1) is 17.3. The number of rotatable bonds is 5. The first-order valence-corrected chi connectivity index (χ1v) is 7.95. The summed E-state index contributed by atoms with van der Waals surface area (Å²) in [7, 11) is 0. The fourth-order valence-corrected chi connectivity index (χ4v) is 2.89. The van der Waals surface area contributed by atoms with Gasteiger partial charge in [-0.1, -0.05) is 13.8 Å². The molecular formula is C16H32N2O2. The molecule has 1 unspecified atom stereocenters. The molecule has 1 aliphatic rings. The summed E-state index contributed by atoms with van der Waals surface area (Å²) < 4.78 is 5.32. The van der Waals surface area contributed by atoms with E-state index in [-0.39, 0.29) is 6.09 Å². The van der Waals surface area contributed by atoms with Gasteiger partial charge in [-0.3, -0.25) is 0 Å². The van der Waals surface area contributed by atoms with Crippen molar-refractivity contribution in [2.75, 3.05) is 19.6 Å². The van der Waals surface area contributed by atoms with Crippen molar-refractivity contribution in [1.29, 1.82) is 0 Å². The predicted molar refractivity (Wildman–Crippen MR) is 82.8 cm³/mol. The normalized spacial score (nSPS) is 18.9. The molecule has 1 aliphatic heterocycles. The van der Waals surface area contributed by atoms with Crippen LogP contribution < -0.4 is 10.6 Å². The number of piperidine rings is 1. The van der Waals surface area contributed by atoms with Crippen molar-refractivity contribution in [2.45, 2.75) is 59.5 Å². The minimum atomic E-state index is -0.424. The number of nitrogens with one attached hydrogen (secondary N) is 2. The molecule has 118 valence electrons. The highest BCUT2D eigenvalue weighted by Gasteiger charge is 2.25. The van der Waals surface area contributed by atoms with Crippen LogP contribution in [-0.4, -0.2) is 31.3 Å². The maximum Gasteiger partial charge on any atom is 0.407 e. The Morgan fingerprint density at radius 1 is 1.30 bits per heavy atom. The molecule has 4 nitrogen and oxygen atoms in total. The number of ether oxygens (including phenoxy) is 1. The summed E-state index contributed by atoms with van der Waals surface area (Å²) in [5.74, 6) is 1.94. The first-order chi connectivity index (χ1) is 9.28. The maximum absolute atomic E-state index is 11.8. The zero-order chi connectivity index (χ0) is 15.2. The van der Waals surface area contributed by atoms with Crippen molar-refractivity contribution in [1.82, 2.24) is 10.6 Å². The Hall–Kier alpha value is -0.770. The number of hydrogen-bond donors (Lipinski definition) is 2. The van der Waals surface area contributed by atoms with Crippen LogP contribution in [0.5, 0.6) is 0 Å². The second-order valence-corrected chi connectivity index (χ2v) is 7.36. The standard InChI is InChI=1S/C16H32N2O2/c1-12(2)10-14(13-6-8-17-9-7-13)11-18-15(19)20-16(3,4)5/h12-14,17H,6-11H2,1-5H3,(H,18,19). The summed E-state index contributed by atoms with van der Waals surface area (Å²) in [6.07, 6.45) is 3.31. The molecule has 0 bridgehead atoms. The van der Waals surface area contributed by atoms with Gasteiger partial charge < -0.3 is 15.4 Å². The fraction of sp³-hybridized carbons (Fsp3) is 0.938. The topological polar surface area (TPSA) is 50.4 Å². The van der Waals surface area contributed by atoms with Gasteiger partial charge in [0, 0.05) is 6.54 Å². The maximum atomic E-state index is 11.8. The highest BCUT2D eigenvalue weighted by molar-refractivity contribution is 5.67. The van der Waals surface area contributed by atoms with Crippen LogP contribution in [0.2, 0.25) is 0 Å². The number of carbonyl (C=O) groups excluding carboxylic acids is 1. The molecule has 20 heavy (non-hydrogen) atoms. The molecule has 1 saturated heterocycles. The molecule has 0 saturated carbocycles. The smallest absolute Gasteiger partial charge is 0.407 e. The molecule has 1 fully saturated rings. The van der Waals surface area contributed by atoms with E-state index in [4.69, 9.17) is 4.74 Å². The van der Waals surface area contributed by atoms with Crippen LogP contribution in [0.1, 0.15) is 53.9 Å². The van der Waals surface area contributed by atoms with Crippen LogP contribution in [0.25, 0.3) is 0 Å². The second-order valence-electron chi connectivity index (χ2n) is 7.36. The monoisotopic (exact) mass is 284 g/mol. The van der Waals surface area contributed by atoms with Crippen molar-refractivity contribution in [3.8, 4) is 0 Å². The van der Waals surface area contributed by atoms with Gasteiger partial charge in [0.1, 0.15) is 5.60 Å². The summed E-state index contributed by atoms with van der Waals surface area (Å²) in [5.41, 5.74) is -0.424. The number of hydrogen-bond acceptors (Lipinski definition) is 3. The Balaban J connectivity index is 2.45. The molecular weight excluding hydrogens is 252 g/mol. The third kappa shape index (κ3) is 7.13. The molecule has 1 amide bonds. The molecule has 4 heteroatoms. The van der Waals surface area contributed by atoms with Crippen molar-refractivity contribution in [2.24, 2.45) is 17.8 Å². The highest BCUT2D eigenvalue weighted by atomic mass is 16.6. The molecule has 2 N–H and O–H groups in total. The SMILES string of the molecule is CC(C)CC(CNC(=O)OC(C)(C)C)C1CCNCC1. The van der Waals surface area contributed by atoms with E-state index in [9.17, 15) is 4.79 Å². The van der Waals surface area contributed by atoms with E-state index in [0.717, 1.165) is 19.6 Å². The van der Waals surface area contributed by atoms with E-state index in [2.05, 4.69) is 24.5 Å². The second kappa shape index (κ2) is 7.87. The van der Waals surface area contributed by atoms with Gasteiger partial charge in [-0.05, 0) is 70.9 Å². The third-order valence-electron chi connectivity index (χ3n) is 3.73. The average molecular weight is 284 g/mol. The largest absolute Gasteiger partial charge is 0.444 e. The summed E-state index contributed by atoms with van der Waals surface area (Å²) in [5, 5.41) is 6.37. The lowest BCUT2D eigenvalue weighted by Crippen LogP contribution is -2.40. The quantitative estimate of drug-likeness (QED) is 0.815. The van der Waals surface area contributed by atoms with Crippen LogP contribution in [0, 0.1) is 17.8 Å². The summed E-state index contributed by atoms with van der Waals surface area (Å²) >= 11 is 0. The number of carbonyl (C=O) groups is 1. The van der Waals surface area contributed by atoms with E-state index >= 15 is 0 Å². The molecule has 0 aromatic carbocycles. The lowest BCUT2D eigenvalue weighted by Gasteiger charge is -2.32. The van der Waals surface area contributed by atoms with Crippen LogP contribution >= 0.6 is 0 Å². The summed E-state index contributed by atoms with van der Waals surface area (Å²) in [6, 6.07) is 0. The Bertz CT molecular complexity index is 291. The number of amides is 1. The van der Waals surface area contributed by atoms with Gasteiger partial charge >= 0.3 is 6.09 Å². The fourth-order valence-electron chi connectivity index (χ4n) is 2.89. The Morgan fingerprint density at radius 3 is 2.40 bits per heavy atom. The molecule has 1 heterocycles. The Kier molecular flexibility index (Phi) is 6.80. The van der Waals surface area contributed by atoms with Crippen LogP contribution in [0.4, 0.5) is 4.79 Å². The molecule has 0 aliphatic carbocycles. The lowest BCUT2D eigenvalue weighted by atomic mass is 9.80. The van der Waals surface area contributed by atoms with Crippen molar-refractivity contribution in [3.05, 3.63) is 0 Å². The summed E-state index contributed by atoms with van der Waals surface area (Å²) in [4.78, 5) is 11.8. The van der Waals surface area contributed by atoms with E-state index in [1.54, 1.807) is 0 Å². The van der Waals surface area contributed by atoms with E-state index in [1.807, 2.05) is 20.8 Å². The number of alkyl carbamates (subject to hydrolysis) is 1. The Labute approximate surface area is 124 Å². The van der Waals surface area contributed by atoms with Crippen LogP contribution in [0.3, 0.4) is 0 Å². The van der Waals surface area contributed by atoms with Gasteiger partial charge in [0.2, 0.25) is 0 Å². The third-order valence-corrected chi connectivity index (χ3v) is 3.73. The van der Waals surface area contributed by atoms with E-state index in [0.29, 0.717) is 17.8 Å². The minimum Gasteiger partial charge on any atom is -0.444 e. The van der Waals surface area contributed by atoms with Gasteiger partial charge in [-0.15, -0.1) is 0 Å².